The highest BCUT2D eigenvalue weighted by Gasteiger charge is 2.38. The molecule has 0 bridgehead atoms. The number of amides is 2. The number of carbonyl (C=O) groups excluding carboxylic acids is 2. The van der Waals surface area contributed by atoms with Gasteiger partial charge in [-0.15, -0.1) is 0 Å². The van der Waals surface area contributed by atoms with Gasteiger partial charge in [-0.3, -0.25) is 14.6 Å². The predicted octanol–water partition coefficient (Wildman–Crippen LogP) is 1.33. The van der Waals surface area contributed by atoms with Crippen LogP contribution in [0.4, 0.5) is 5.69 Å². The van der Waals surface area contributed by atoms with Gasteiger partial charge in [-0.1, -0.05) is 18.2 Å². The van der Waals surface area contributed by atoms with Crippen molar-refractivity contribution in [2.45, 2.75) is 18.9 Å². The van der Waals surface area contributed by atoms with Crippen LogP contribution >= 0.6 is 0 Å². The summed E-state index contributed by atoms with van der Waals surface area (Å²) in [5.74, 6) is -0.161. The Balaban J connectivity index is 1.57. The van der Waals surface area contributed by atoms with Gasteiger partial charge in [0, 0.05) is 50.3 Å². The van der Waals surface area contributed by atoms with E-state index in [2.05, 4.69) is 32.3 Å². The van der Waals surface area contributed by atoms with Gasteiger partial charge < -0.3 is 15.1 Å². The third-order valence-corrected chi connectivity index (χ3v) is 5.42. The lowest BCUT2D eigenvalue weighted by Gasteiger charge is -2.34. The number of carbonyl (C=O) groups is 2. The Morgan fingerprint density at radius 1 is 1.07 bits per heavy atom. The van der Waals surface area contributed by atoms with Crippen LogP contribution in [0.2, 0.25) is 0 Å². The number of fused-ring (bicyclic) bond motifs is 1. The number of nitrogens with zero attached hydrogens (tertiary/aromatic N) is 4. The molecule has 1 aromatic heterocycles. The predicted molar refractivity (Wildman–Crippen MR) is 101 cm³/mol. The number of para-hydroxylation sites is 1. The molecule has 0 aliphatic carbocycles. The summed E-state index contributed by atoms with van der Waals surface area (Å²) in [5, 5.41) is 3.04. The van der Waals surface area contributed by atoms with Crippen molar-refractivity contribution in [3.63, 3.8) is 0 Å². The van der Waals surface area contributed by atoms with Crippen LogP contribution in [-0.2, 0) is 4.79 Å². The molecule has 0 unspecified atom stereocenters. The number of benzene rings is 1. The number of nitrogens with one attached hydrogen (secondary N) is 1. The standard InChI is InChI=1S/C20H23N5O2/c26-19-16-6-11-24(20(27)17-14-21-8-9-22-17)12-7-18(16)25(13-10-23-19)15-4-2-1-3-5-15/h1-5,8-9,14,16,18H,6-7,10-13H2,(H,23,26)/t16-,18+/m1/s1. The highest BCUT2D eigenvalue weighted by atomic mass is 16.2. The van der Waals surface area contributed by atoms with Crippen molar-refractivity contribution in [1.29, 1.82) is 0 Å². The van der Waals surface area contributed by atoms with E-state index >= 15 is 0 Å². The van der Waals surface area contributed by atoms with Gasteiger partial charge in [0.1, 0.15) is 5.69 Å². The van der Waals surface area contributed by atoms with E-state index in [1.165, 1.54) is 12.4 Å². The lowest BCUT2D eigenvalue weighted by molar-refractivity contribution is -0.125. The zero-order valence-corrected chi connectivity index (χ0v) is 15.1. The van der Waals surface area contributed by atoms with E-state index in [0.717, 1.165) is 18.7 Å². The second-order valence-electron chi connectivity index (χ2n) is 6.95. The first-order valence-electron chi connectivity index (χ1n) is 9.39. The summed E-state index contributed by atoms with van der Waals surface area (Å²) < 4.78 is 0. The van der Waals surface area contributed by atoms with Crippen molar-refractivity contribution >= 4 is 17.5 Å². The summed E-state index contributed by atoms with van der Waals surface area (Å²) in [5.41, 5.74) is 1.47. The summed E-state index contributed by atoms with van der Waals surface area (Å²) in [4.78, 5) is 37.7. The minimum Gasteiger partial charge on any atom is -0.366 e. The molecule has 2 aromatic rings. The van der Waals surface area contributed by atoms with Gasteiger partial charge in [-0.25, -0.2) is 4.98 Å². The molecule has 3 heterocycles. The Labute approximate surface area is 158 Å². The van der Waals surface area contributed by atoms with E-state index in [-0.39, 0.29) is 23.8 Å². The van der Waals surface area contributed by atoms with Crippen LogP contribution in [0.5, 0.6) is 0 Å². The molecule has 0 radical (unpaired) electrons. The molecule has 4 rings (SSSR count). The summed E-state index contributed by atoms with van der Waals surface area (Å²) in [6, 6.07) is 10.3. The second-order valence-corrected chi connectivity index (χ2v) is 6.95. The minimum absolute atomic E-state index is 0.0783. The summed E-state index contributed by atoms with van der Waals surface area (Å²) in [7, 11) is 0. The van der Waals surface area contributed by atoms with Gasteiger partial charge in [0.15, 0.2) is 0 Å². The van der Waals surface area contributed by atoms with Crippen molar-refractivity contribution in [2.75, 3.05) is 31.1 Å². The van der Waals surface area contributed by atoms with E-state index in [4.69, 9.17) is 0 Å². The third kappa shape index (κ3) is 3.63. The van der Waals surface area contributed by atoms with E-state index < -0.39 is 0 Å². The van der Waals surface area contributed by atoms with Crippen molar-refractivity contribution in [2.24, 2.45) is 5.92 Å². The number of aromatic nitrogens is 2. The lowest BCUT2D eigenvalue weighted by Crippen LogP contribution is -2.43. The van der Waals surface area contributed by atoms with Crippen LogP contribution in [0.25, 0.3) is 0 Å². The van der Waals surface area contributed by atoms with Gasteiger partial charge in [0.2, 0.25) is 5.91 Å². The highest BCUT2D eigenvalue weighted by molar-refractivity contribution is 5.92. The van der Waals surface area contributed by atoms with Crippen LogP contribution in [0.15, 0.2) is 48.9 Å². The summed E-state index contributed by atoms with van der Waals surface area (Å²) in [6.45, 7) is 2.57. The minimum atomic E-state index is -0.132. The number of hydrogen-bond acceptors (Lipinski definition) is 5. The maximum absolute atomic E-state index is 12.8. The number of rotatable bonds is 2. The van der Waals surface area contributed by atoms with Crippen LogP contribution in [0.1, 0.15) is 23.3 Å². The third-order valence-electron chi connectivity index (χ3n) is 5.42. The fourth-order valence-corrected chi connectivity index (χ4v) is 4.08. The molecule has 2 saturated heterocycles. The van der Waals surface area contributed by atoms with Gasteiger partial charge in [0.25, 0.3) is 5.91 Å². The van der Waals surface area contributed by atoms with E-state index in [0.29, 0.717) is 31.7 Å². The number of hydrogen-bond donors (Lipinski definition) is 1. The normalized spacial score (nSPS) is 23.0. The van der Waals surface area contributed by atoms with Crippen LogP contribution < -0.4 is 10.2 Å². The van der Waals surface area contributed by atoms with Crippen LogP contribution in [0, 0.1) is 5.92 Å². The number of anilines is 1. The molecule has 7 heteroatoms. The topological polar surface area (TPSA) is 78.4 Å². The van der Waals surface area contributed by atoms with Crippen molar-refractivity contribution in [1.82, 2.24) is 20.2 Å². The monoisotopic (exact) mass is 365 g/mol. The molecule has 0 spiro atoms. The molecule has 1 aromatic carbocycles. The van der Waals surface area contributed by atoms with E-state index in [9.17, 15) is 9.59 Å². The van der Waals surface area contributed by atoms with Gasteiger partial charge in [-0.05, 0) is 25.0 Å². The second kappa shape index (κ2) is 7.73. The molecule has 27 heavy (non-hydrogen) atoms. The zero-order chi connectivity index (χ0) is 18.6. The van der Waals surface area contributed by atoms with Gasteiger partial charge in [-0.2, -0.15) is 0 Å². The first-order valence-corrected chi connectivity index (χ1v) is 9.39. The largest absolute Gasteiger partial charge is 0.366 e. The van der Waals surface area contributed by atoms with Crippen LogP contribution in [-0.4, -0.2) is 58.9 Å². The van der Waals surface area contributed by atoms with Gasteiger partial charge >= 0.3 is 0 Å². The molecular weight excluding hydrogens is 342 g/mol. The SMILES string of the molecule is O=C1NCCN(c2ccccc2)[C@H]2CCN(C(=O)c3cnccn3)CC[C@@H]12. The van der Waals surface area contributed by atoms with E-state index in [1.54, 1.807) is 11.1 Å². The van der Waals surface area contributed by atoms with Crippen molar-refractivity contribution in [3.8, 4) is 0 Å². The van der Waals surface area contributed by atoms with Gasteiger partial charge in [0.05, 0.1) is 12.1 Å². The fraction of sp³-hybridized carbons (Fsp3) is 0.400. The maximum Gasteiger partial charge on any atom is 0.274 e. The Morgan fingerprint density at radius 3 is 2.67 bits per heavy atom. The molecule has 2 aliphatic heterocycles. The Hall–Kier alpha value is -2.96. The average molecular weight is 365 g/mol. The first-order chi connectivity index (χ1) is 13.2. The first kappa shape index (κ1) is 17.5. The molecule has 7 nitrogen and oxygen atoms in total. The lowest BCUT2D eigenvalue weighted by atomic mass is 9.92. The smallest absolute Gasteiger partial charge is 0.274 e. The average Bonchev–Trinajstić information content (AvgIpc) is 3.03. The Kier molecular flexibility index (Phi) is 5.00. The molecule has 2 aliphatic rings. The summed E-state index contributed by atoms with van der Waals surface area (Å²) in [6.07, 6.45) is 5.97. The van der Waals surface area contributed by atoms with E-state index in [1.807, 2.05) is 18.2 Å². The molecule has 1 N–H and O–H groups in total. The maximum atomic E-state index is 12.8. The Morgan fingerprint density at radius 2 is 1.89 bits per heavy atom. The highest BCUT2D eigenvalue weighted by Crippen LogP contribution is 2.29. The molecule has 2 amide bonds. The number of likely N-dealkylation sites (tertiary alicyclic amines) is 1. The van der Waals surface area contributed by atoms with Crippen LogP contribution in [0.3, 0.4) is 0 Å². The summed E-state index contributed by atoms with van der Waals surface area (Å²) >= 11 is 0. The molecule has 2 atom stereocenters. The zero-order valence-electron chi connectivity index (χ0n) is 15.1. The fourth-order valence-electron chi connectivity index (χ4n) is 4.08. The molecule has 140 valence electrons. The van der Waals surface area contributed by atoms with Crippen molar-refractivity contribution in [3.05, 3.63) is 54.6 Å². The quantitative estimate of drug-likeness (QED) is 0.869. The molecule has 0 saturated carbocycles. The Bertz CT molecular complexity index is 799. The molecule has 2 fully saturated rings. The van der Waals surface area contributed by atoms with Crippen molar-refractivity contribution < 1.29 is 9.59 Å². The molecular formula is C20H23N5O2.